The second-order valence-corrected chi connectivity index (χ2v) is 7.96. The summed E-state index contributed by atoms with van der Waals surface area (Å²) in [5.74, 6) is 2.81. The topological polar surface area (TPSA) is 75.6 Å². The Balaban J connectivity index is 1.98. The molecule has 1 amide bonds. The minimum absolute atomic E-state index is 0.0999. The van der Waals surface area contributed by atoms with Crippen molar-refractivity contribution in [1.29, 1.82) is 0 Å². The van der Waals surface area contributed by atoms with Gasteiger partial charge in [0.25, 0.3) is 5.91 Å². The summed E-state index contributed by atoms with van der Waals surface area (Å²) in [5, 5.41) is 12.2. The summed E-state index contributed by atoms with van der Waals surface area (Å²) in [4.78, 5) is 22.9. The van der Waals surface area contributed by atoms with Gasteiger partial charge in [-0.15, -0.1) is 0 Å². The molecule has 0 spiro atoms. The number of hydrogen-bond donors (Lipinski definition) is 2. The number of aryl methyl sites for hydroxylation is 2. The van der Waals surface area contributed by atoms with E-state index in [2.05, 4.69) is 5.32 Å². The van der Waals surface area contributed by atoms with Crippen LogP contribution in [0.15, 0.2) is 12.1 Å². The Morgan fingerprint density at radius 1 is 1.30 bits per heavy atom. The molecule has 2 rings (SSSR count). The first kappa shape index (κ1) is 18.0. The van der Waals surface area contributed by atoms with E-state index in [4.69, 9.17) is 9.84 Å². The van der Waals surface area contributed by atoms with Crippen molar-refractivity contribution < 1.29 is 19.4 Å². The Hall–Kier alpha value is -1.34. The number of thioether (sulfide) groups is 2. The van der Waals surface area contributed by atoms with Crippen LogP contribution in [-0.4, -0.2) is 52.6 Å². The molecule has 1 aliphatic rings. The Bertz CT molecular complexity index is 562. The van der Waals surface area contributed by atoms with Gasteiger partial charge in [-0.3, -0.25) is 4.79 Å². The van der Waals surface area contributed by atoms with Crippen LogP contribution in [0.4, 0.5) is 0 Å². The number of benzene rings is 1. The number of carboxylic acids is 1. The van der Waals surface area contributed by atoms with Crippen molar-refractivity contribution in [2.75, 3.05) is 30.4 Å². The molecule has 126 valence electrons. The average Bonchev–Trinajstić information content (AvgIpc) is 2.52. The monoisotopic (exact) mass is 355 g/mol. The van der Waals surface area contributed by atoms with Gasteiger partial charge in [0.15, 0.2) is 6.61 Å². The van der Waals surface area contributed by atoms with Crippen molar-refractivity contribution in [3.8, 4) is 5.75 Å². The molecule has 7 heteroatoms. The summed E-state index contributed by atoms with van der Waals surface area (Å²) in [6, 6.07) is 3.48. The highest BCUT2D eigenvalue weighted by Gasteiger charge is 2.17. The molecule has 2 N–H and O–H groups in total. The number of nitrogens with one attached hydrogen (secondary N) is 1. The lowest BCUT2D eigenvalue weighted by molar-refractivity contribution is -0.139. The third kappa shape index (κ3) is 5.35. The van der Waals surface area contributed by atoms with Crippen molar-refractivity contribution >= 4 is 35.4 Å². The van der Waals surface area contributed by atoms with E-state index in [1.54, 1.807) is 12.1 Å². The van der Waals surface area contributed by atoms with Gasteiger partial charge in [0.2, 0.25) is 0 Å². The van der Waals surface area contributed by atoms with Gasteiger partial charge in [-0.1, -0.05) is 0 Å². The second kappa shape index (κ2) is 8.49. The summed E-state index contributed by atoms with van der Waals surface area (Å²) >= 11 is 3.84. The lowest BCUT2D eigenvalue weighted by atomic mass is 10.1. The van der Waals surface area contributed by atoms with Crippen LogP contribution < -0.4 is 10.1 Å². The average molecular weight is 355 g/mol. The molecule has 1 saturated heterocycles. The van der Waals surface area contributed by atoms with Crippen LogP contribution in [0, 0.1) is 13.8 Å². The van der Waals surface area contributed by atoms with Crippen molar-refractivity contribution in [2.45, 2.75) is 19.1 Å². The zero-order chi connectivity index (χ0) is 16.8. The molecule has 5 nitrogen and oxygen atoms in total. The lowest BCUT2D eigenvalue weighted by Crippen LogP contribution is -2.33. The molecule has 1 atom stereocenters. The van der Waals surface area contributed by atoms with E-state index in [1.807, 2.05) is 37.4 Å². The van der Waals surface area contributed by atoms with Crippen molar-refractivity contribution in [1.82, 2.24) is 5.32 Å². The molecule has 23 heavy (non-hydrogen) atoms. The Morgan fingerprint density at radius 2 is 2.00 bits per heavy atom. The maximum absolute atomic E-state index is 12.3. The summed E-state index contributed by atoms with van der Waals surface area (Å²) in [5.41, 5.74) is 2.11. The fourth-order valence-electron chi connectivity index (χ4n) is 2.41. The SMILES string of the molecule is Cc1cc(C(=O)NCC2CSCCS2)cc(C)c1OCC(=O)O. The molecule has 1 unspecified atom stereocenters. The molecule has 0 saturated carbocycles. The number of aliphatic carboxylic acids is 1. The normalized spacial score (nSPS) is 17.6. The highest BCUT2D eigenvalue weighted by atomic mass is 32.2. The molecule has 1 aromatic carbocycles. The lowest BCUT2D eigenvalue weighted by Gasteiger charge is -2.21. The summed E-state index contributed by atoms with van der Waals surface area (Å²) in [7, 11) is 0. The third-order valence-corrected chi connectivity index (χ3v) is 6.28. The van der Waals surface area contributed by atoms with E-state index in [0.717, 1.165) is 22.6 Å². The second-order valence-electron chi connectivity index (χ2n) is 5.40. The van der Waals surface area contributed by atoms with Crippen LogP contribution in [0.5, 0.6) is 5.75 Å². The quantitative estimate of drug-likeness (QED) is 0.816. The number of amides is 1. The highest BCUT2D eigenvalue weighted by molar-refractivity contribution is 8.06. The number of ether oxygens (including phenoxy) is 1. The molecule has 1 aromatic rings. The molecular formula is C16H21NO4S2. The number of carbonyl (C=O) groups is 2. The standard InChI is InChI=1S/C16H21NO4S2/c1-10-5-12(6-11(2)15(10)21-8-14(18)19)16(20)17-7-13-9-22-3-4-23-13/h5-6,13H,3-4,7-9H2,1-2H3,(H,17,20)(H,18,19). The molecular weight excluding hydrogens is 334 g/mol. The van der Waals surface area contributed by atoms with E-state index >= 15 is 0 Å². The maximum atomic E-state index is 12.3. The largest absolute Gasteiger partial charge is 0.481 e. The predicted molar refractivity (Wildman–Crippen MR) is 95.0 cm³/mol. The molecule has 1 fully saturated rings. The van der Waals surface area contributed by atoms with Crippen LogP contribution in [0.2, 0.25) is 0 Å². The summed E-state index contributed by atoms with van der Waals surface area (Å²) in [6.07, 6.45) is 0. The molecule has 1 heterocycles. The van der Waals surface area contributed by atoms with Gasteiger partial charge in [0, 0.05) is 34.6 Å². The van der Waals surface area contributed by atoms with E-state index in [-0.39, 0.29) is 12.5 Å². The smallest absolute Gasteiger partial charge is 0.341 e. The number of rotatable bonds is 6. The fraction of sp³-hybridized carbons (Fsp3) is 0.500. The van der Waals surface area contributed by atoms with Gasteiger partial charge in [0.1, 0.15) is 5.75 Å². The molecule has 1 aliphatic heterocycles. The van der Waals surface area contributed by atoms with Crippen LogP contribution in [0.25, 0.3) is 0 Å². The van der Waals surface area contributed by atoms with Gasteiger partial charge >= 0.3 is 5.97 Å². The van der Waals surface area contributed by atoms with Gasteiger partial charge in [-0.25, -0.2) is 4.79 Å². The Morgan fingerprint density at radius 3 is 2.57 bits per heavy atom. The van der Waals surface area contributed by atoms with Crippen molar-refractivity contribution in [2.24, 2.45) is 0 Å². The van der Waals surface area contributed by atoms with E-state index in [0.29, 0.717) is 23.1 Å². The van der Waals surface area contributed by atoms with Crippen LogP contribution in [-0.2, 0) is 4.79 Å². The Kier molecular flexibility index (Phi) is 6.65. The molecule has 0 aromatic heterocycles. The first-order valence-electron chi connectivity index (χ1n) is 7.40. The summed E-state index contributed by atoms with van der Waals surface area (Å²) < 4.78 is 5.28. The predicted octanol–water partition coefficient (Wildman–Crippen LogP) is 2.35. The number of carboxylic acid groups (broad SMARTS) is 1. The van der Waals surface area contributed by atoms with Crippen molar-refractivity contribution in [3.63, 3.8) is 0 Å². The van der Waals surface area contributed by atoms with E-state index < -0.39 is 5.97 Å². The molecule has 0 radical (unpaired) electrons. The number of carbonyl (C=O) groups excluding carboxylic acids is 1. The fourth-order valence-corrected chi connectivity index (χ4v) is 5.02. The van der Waals surface area contributed by atoms with Gasteiger partial charge in [-0.05, 0) is 37.1 Å². The minimum atomic E-state index is -1.02. The highest BCUT2D eigenvalue weighted by Crippen LogP contribution is 2.25. The summed E-state index contributed by atoms with van der Waals surface area (Å²) in [6.45, 7) is 3.92. The van der Waals surface area contributed by atoms with Gasteiger partial charge in [-0.2, -0.15) is 23.5 Å². The molecule has 0 bridgehead atoms. The van der Waals surface area contributed by atoms with Crippen LogP contribution in [0.3, 0.4) is 0 Å². The van der Waals surface area contributed by atoms with E-state index in [9.17, 15) is 9.59 Å². The zero-order valence-corrected chi connectivity index (χ0v) is 14.9. The van der Waals surface area contributed by atoms with Crippen LogP contribution >= 0.6 is 23.5 Å². The third-order valence-electron chi connectivity index (χ3n) is 3.44. The van der Waals surface area contributed by atoms with Crippen LogP contribution in [0.1, 0.15) is 21.5 Å². The first-order chi connectivity index (χ1) is 11.0. The van der Waals surface area contributed by atoms with Gasteiger partial charge in [0.05, 0.1) is 0 Å². The minimum Gasteiger partial charge on any atom is -0.481 e. The first-order valence-corrected chi connectivity index (χ1v) is 9.61. The van der Waals surface area contributed by atoms with Gasteiger partial charge < -0.3 is 15.2 Å². The van der Waals surface area contributed by atoms with Crippen molar-refractivity contribution in [3.05, 3.63) is 28.8 Å². The zero-order valence-electron chi connectivity index (χ0n) is 13.3. The number of hydrogen-bond acceptors (Lipinski definition) is 5. The van der Waals surface area contributed by atoms with E-state index in [1.165, 1.54) is 5.75 Å². The Labute approximate surface area is 144 Å². The maximum Gasteiger partial charge on any atom is 0.341 e. The molecule has 0 aliphatic carbocycles.